The van der Waals surface area contributed by atoms with Crippen LogP contribution in [0.4, 0.5) is 0 Å². The summed E-state index contributed by atoms with van der Waals surface area (Å²) in [5.41, 5.74) is 0.756. The van der Waals surface area contributed by atoms with Gasteiger partial charge in [0, 0.05) is 67.6 Å². The van der Waals surface area contributed by atoms with Gasteiger partial charge in [-0.25, -0.2) is 4.98 Å². The van der Waals surface area contributed by atoms with E-state index in [9.17, 15) is 5.48 Å². The summed E-state index contributed by atoms with van der Waals surface area (Å²) in [5, 5.41) is 3.89. The van der Waals surface area contributed by atoms with Crippen molar-refractivity contribution in [2.24, 2.45) is 0 Å². The molecule has 7 aromatic carbocycles. The van der Waals surface area contributed by atoms with Crippen LogP contribution in [0.3, 0.4) is 0 Å². The zero-order valence-electron chi connectivity index (χ0n) is 36.6. The Bertz CT molecular complexity index is 3890. The molecule has 0 spiro atoms. The van der Waals surface area contributed by atoms with Gasteiger partial charge in [0.1, 0.15) is 11.2 Å². The van der Waals surface area contributed by atoms with E-state index in [4.69, 9.17) is 27.6 Å². The Morgan fingerprint density at radius 1 is 0.500 bits per heavy atom. The minimum atomic E-state index is -0.554. The van der Waals surface area contributed by atoms with E-state index in [1.807, 2.05) is 60.7 Å². The summed E-state index contributed by atoms with van der Waals surface area (Å²) in [5.74, 6) is 0.409. The Balaban J connectivity index is 1.24. The van der Waals surface area contributed by atoms with Crippen molar-refractivity contribution in [2.75, 3.05) is 0 Å². The number of hydrogen-bond acceptors (Lipinski definition) is 6. The van der Waals surface area contributed by atoms with Gasteiger partial charge in [-0.1, -0.05) is 72.7 Å². The zero-order valence-corrected chi connectivity index (χ0v) is 28.2. The molecule has 5 aromatic heterocycles. The van der Waals surface area contributed by atoms with Crippen molar-refractivity contribution >= 4 is 107 Å². The van der Waals surface area contributed by atoms with Gasteiger partial charge in [-0.15, -0.1) is 22.7 Å². The fourth-order valence-electron chi connectivity index (χ4n) is 7.23. The van der Waals surface area contributed by atoms with Gasteiger partial charge < -0.3 is 4.42 Å². The van der Waals surface area contributed by atoms with Crippen LogP contribution in [0.5, 0.6) is 0 Å². The topological polar surface area (TPSA) is 56.7 Å². The fraction of sp³-hybridized carbons (Fsp3) is 0. The summed E-state index contributed by atoms with van der Waals surface area (Å²) in [4.78, 5) is 15.1. The molecule has 0 unspecified atom stereocenters. The highest BCUT2D eigenvalue weighted by atomic mass is 32.1. The van der Waals surface area contributed by atoms with E-state index >= 15 is 0 Å². The molecule has 0 fully saturated rings. The van der Waals surface area contributed by atoms with Crippen molar-refractivity contribution in [3.05, 3.63) is 145 Å². The molecule has 0 atom stereocenters. The third-order valence-corrected chi connectivity index (χ3v) is 11.9. The highest BCUT2D eigenvalue weighted by Crippen LogP contribution is 2.42. The standard InChI is InChI=1S/C45H24N4OS2/c1-5-13-34-31(12-1)41-35(20-19-30-27-9-2-6-14-36(27)50-42(30)41)49(34)45-47-43(25-17-21-39-32(23-25)28-10-3-7-15-37(28)51-39)46-44(48-45)26-18-22-40-33(24-26)29-11-4-8-16-38(29)52-40/h1-24H/i1D,2D,5D,6D,9D,12D,13D,14D,19D,20D. The van der Waals surface area contributed by atoms with Crippen LogP contribution in [0.15, 0.2) is 150 Å². The molecule has 0 N–H and O–H groups in total. The van der Waals surface area contributed by atoms with Crippen LogP contribution in [-0.2, 0) is 0 Å². The van der Waals surface area contributed by atoms with Crippen molar-refractivity contribution in [1.29, 1.82) is 0 Å². The number of benzene rings is 7. The smallest absolute Gasteiger partial charge is 0.238 e. The maximum absolute atomic E-state index is 9.58. The van der Waals surface area contributed by atoms with Gasteiger partial charge >= 0.3 is 0 Å². The summed E-state index contributed by atoms with van der Waals surface area (Å²) in [6.07, 6.45) is 0. The van der Waals surface area contributed by atoms with Crippen LogP contribution in [0.2, 0.25) is 0 Å². The molecule has 0 aliphatic carbocycles. The van der Waals surface area contributed by atoms with E-state index < -0.39 is 60.4 Å². The average Bonchev–Trinajstić information content (AvgIpc) is 4.07. The molecule has 0 amide bonds. The molecule has 0 radical (unpaired) electrons. The molecule has 0 aliphatic heterocycles. The molecular weight excluding hydrogens is 677 g/mol. The van der Waals surface area contributed by atoms with Gasteiger partial charge in [-0.05, 0) is 72.7 Å². The molecule has 12 rings (SSSR count). The Hall–Kier alpha value is -6.41. The van der Waals surface area contributed by atoms with Crippen LogP contribution in [0.25, 0.3) is 113 Å². The minimum Gasteiger partial charge on any atom is -0.455 e. The third kappa shape index (κ3) is 4.00. The molecule has 242 valence electrons. The molecule has 52 heavy (non-hydrogen) atoms. The minimum absolute atomic E-state index is 0.0110. The Morgan fingerprint density at radius 2 is 1.10 bits per heavy atom. The fourth-order valence-corrected chi connectivity index (χ4v) is 9.40. The average molecular weight is 711 g/mol. The number of rotatable bonds is 3. The molecular formula is C45H24N4OS2. The van der Waals surface area contributed by atoms with Crippen LogP contribution in [0.1, 0.15) is 13.7 Å². The molecule has 0 bridgehead atoms. The van der Waals surface area contributed by atoms with E-state index in [1.54, 1.807) is 22.7 Å². The normalized spacial score (nSPS) is 14.9. The quantitative estimate of drug-likeness (QED) is 0.183. The van der Waals surface area contributed by atoms with Gasteiger partial charge in [0.15, 0.2) is 11.6 Å². The highest BCUT2D eigenvalue weighted by Gasteiger charge is 2.22. The van der Waals surface area contributed by atoms with Crippen molar-refractivity contribution in [3.63, 3.8) is 0 Å². The van der Waals surface area contributed by atoms with E-state index in [0.29, 0.717) is 11.1 Å². The largest absolute Gasteiger partial charge is 0.455 e. The summed E-state index contributed by atoms with van der Waals surface area (Å²) < 4.78 is 101. The second-order valence-corrected chi connectivity index (χ2v) is 14.6. The molecule has 7 heteroatoms. The molecule has 5 heterocycles. The molecule has 0 saturated heterocycles. The summed E-state index contributed by atoms with van der Waals surface area (Å²) in [7, 11) is 0. The number of furan rings is 1. The predicted octanol–water partition coefficient (Wildman–Crippen LogP) is 12.9. The SMILES string of the molecule is [2H]c1c([2H])c([2H])c2c(oc3c2c([2H])c([2H])c2c3c3c([2H])c([2H])c([2H])c([2H])c3n2-c2nc(-c3ccc4sc5ccccc5c4c3)nc(-c3ccc4sc5ccccc5c4c3)n2)c1[2H]. The lowest BCUT2D eigenvalue weighted by atomic mass is 10.1. The first kappa shape index (κ1) is 20.4. The van der Waals surface area contributed by atoms with E-state index in [0.717, 1.165) is 40.3 Å². The van der Waals surface area contributed by atoms with Gasteiger partial charge in [0.05, 0.1) is 30.1 Å². The number of thiophene rings is 2. The summed E-state index contributed by atoms with van der Waals surface area (Å²) in [6.45, 7) is 0. The van der Waals surface area contributed by atoms with Crippen molar-refractivity contribution in [2.45, 2.75) is 0 Å². The highest BCUT2D eigenvalue weighted by molar-refractivity contribution is 7.26. The van der Waals surface area contributed by atoms with Gasteiger partial charge in [0.2, 0.25) is 5.95 Å². The lowest BCUT2D eigenvalue weighted by molar-refractivity contribution is 0.673. The van der Waals surface area contributed by atoms with Crippen molar-refractivity contribution in [3.8, 4) is 28.7 Å². The van der Waals surface area contributed by atoms with E-state index in [-0.39, 0.29) is 61.3 Å². The van der Waals surface area contributed by atoms with Gasteiger partial charge in [-0.3, -0.25) is 4.57 Å². The van der Waals surface area contributed by atoms with Crippen LogP contribution in [-0.4, -0.2) is 19.5 Å². The number of aromatic nitrogens is 4. The Kier molecular flexibility index (Phi) is 4.15. The lowest BCUT2D eigenvalue weighted by Gasteiger charge is -2.11. The van der Waals surface area contributed by atoms with Crippen LogP contribution < -0.4 is 0 Å². The molecule has 0 aliphatic rings. The Morgan fingerprint density at radius 3 is 1.79 bits per heavy atom. The molecule has 0 saturated carbocycles. The third-order valence-electron chi connectivity index (χ3n) is 9.56. The molecule has 12 aromatic rings. The predicted molar refractivity (Wildman–Crippen MR) is 218 cm³/mol. The maximum atomic E-state index is 9.58. The van der Waals surface area contributed by atoms with E-state index in [2.05, 4.69) is 24.3 Å². The number of nitrogens with zero attached hydrogens (tertiary/aromatic N) is 4. The van der Waals surface area contributed by atoms with Crippen LogP contribution >= 0.6 is 22.7 Å². The van der Waals surface area contributed by atoms with Crippen LogP contribution in [0, 0.1) is 0 Å². The number of fused-ring (bicyclic) bond motifs is 13. The first-order chi connectivity index (χ1) is 29.9. The second-order valence-electron chi connectivity index (χ2n) is 12.4. The van der Waals surface area contributed by atoms with Gasteiger partial charge in [0.25, 0.3) is 0 Å². The first-order valence-corrected chi connectivity index (χ1v) is 18.0. The summed E-state index contributed by atoms with van der Waals surface area (Å²) in [6, 6.07) is 23.2. The first-order valence-electron chi connectivity index (χ1n) is 21.4. The lowest BCUT2D eigenvalue weighted by Crippen LogP contribution is -2.06. The van der Waals surface area contributed by atoms with Crippen molar-refractivity contribution in [1.82, 2.24) is 19.5 Å². The number of hydrogen-bond donors (Lipinski definition) is 0. The van der Waals surface area contributed by atoms with Crippen molar-refractivity contribution < 1.29 is 18.1 Å². The molecule has 5 nitrogen and oxygen atoms in total. The Labute approximate surface area is 317 Å². The second kappa shape index (κ2) is 10.6. The number of para-hydroxylation sites is 2. The van der Waals surface area contributed by atoms with E-state index in [1.165, 1.54) is 4.57 Å². The monoisotopic (exact) mass is 710 g/mol. The maximum Gasteiger partial charge on any atom is 0.238 e. The van der Waals surface area contributed by atoms with Gasteiger partial charge in [-0.2, -0.15) is 9.97 Å². The zero-order chi connectivity index (χ0) is 42.6. The summed E-state index contributed by atoms with van der Waals surface area (Å²) >= 11 is 3.33.